The lowest BCUT2D eigenvalue weighted by Crippen LogP contribution is -2.26. The van der Waals surface area contributed by atoms with E-state index in [1.807, 2.05) is 30.3 Å². The Hall–Kier alpha value is -2.54. The molecule has 1 atom stereocenters. The van der Waals surface area contributed by atoms with Crippen LogP contribution < -0.4 is 14.2 Å². The lowest BCUT2D eigenvalue weighted by atomic mass is 10.1. The van der Waals surface area contributed by atoms with Gasteiger partial charge in [0.2, 0.25) is 6.41 Å². The summed E-state index contributed by atoms with van der Waals surface area (Å²) in [5.41, 5.74) is 0.780. The van der Waals surface area contributed by atoms with E-state index in [1.165, 1.54) is 0 Å². The van der Waals surface area contributed by atoms with Gasteiger partial charge in [-0.2, -0.15) is 0 Å². The Balaban J connectivity index is 2.09. The predicted molar refractivity (Wildman–Crippen MR) is 100 cm³/mol. The fourth-order valence-electron chi connectivity index (χ4n) is 2.49. The third-order valence-electron chi connectivity index (χ3n) is 3.88. The second-order valence-corrected chi connectivity index (χ2v) is 7.03. The minimum atomic E-state index is -1.16. The van der Waals surface area contributed by atoms with Crippen LogP contribution in [0.4, 0.5) is 0 Å². The van der Waals surface area contributed by atoms with E-state index in [9.17, 15) is 9.00 Å². The van der Waals surface area contributed by atoms with Crippen molar-refractivity contribution in [1.29, 1.82) is 0 Å². The minimum Gasteiger partial charge on any atom is -0.496 e. The summed E-state index contributed by atoms with van der Waals surface area (Å²) in [6.07, 6.45) is 0.748. The lowest BCUT2D eigenvalue weighted by Gasteiger charge is -2.20. The normalized spacial score (nSPS) is 11.5. The van der Waals surface area contributed by atoms with Crippen LogP contribution in [0.3, 0.4) is 0 Å². The van der Waals surface area contributed by atoms with E-state index < -0.39 is 10.8 Å². The second kappa shape index (κ2) is 9.82. The maximum Gasteiger partial charge on any atom is 0.210 e. The molecule has 0 N–H and O–H groups in total. The first-order chi connectivity index (χ1) is 12.6. The molecule has 0 radical (unpaired) electrons. The van der Waals surface area contributed by atoms with Crippen molar-refractivity contribution in [3.63, 3.8) is 0 Å². The van der Waals surface area contributed by atoms with Gasteiger partial charge in [0.1, 0.15) is 5.75 Å². The van der Waals surface area contributed by atoms with Gasteiger partial charge in [-0.25, -0.2) is 0 Å². The standard InChI is InChI=1S/C19H23NO5S/c1-23-17-12-19(25-3)18(24-2)11-15(17)13-20(14-21)9-10-26(22)16-7-5-4-6-8-16/h4-8,11-12,14H,9-10,13H2,1-3H3. The second-order valence-electron chi connectivity index (χ2n) is 5.46. The minimum absolute atomic E-state index is 0.318. The Labute approximate surface area is 156 Å². The first kappa shape index (κ1) is 19.8. The summed E-state index contributed by atoms with van der Waals surface area (Å²) in [6, 6.07) is 12.7. The van der Waals surface area contributed by atoms with Crippen LogP contribution in [-0.2, 0) is 22.1 Å². The summed E-state index contributed by atoms with van der Waals surface area (Å²) in [5, 5.41) is 0. The van der Waals surface area contributed by atoms with Gasteiger partial charge < -0.3 is 19.1 Å². The van der Waals surface area contributed by atoms with Crippen molar-refractivity contribution in [3.8, 4) is 17.2 Å². The van der Waals surface area contributed by atoms with E-state index in [1.54, 1.807) is 38.4 Å². The van der Waals surface area contributed by atoms with Crippen molar-refractivity contribution in [2.45, 2.75) is 11.4 Å². The van der Waals surface area contributed by atoms with Gasteiger partial charge in [-0.05, 0) is 18.2 Å². The largest absolute Gasteiger partial charge is 0.496 e. The summed E-state index contributed by atoms with van der Waals surface area (Å²) in [4.78, 5) is 13.8. The van der Waals surface area contributed by atoms with Gasteiger partial charge in [0.05, 0.1) is 32.1 Å². The summed E-state index contributed by atoms with van der Waals surface area (Å²) in [5.74, 6) is 2.06. The number of rotatable bonds is 10. The molecule has 2 aromatic carbocycles. The molecule has 6 nitrogen and oxygen atoms in total. The van der Waals surface area contributed by atoms with Gasteiger partial charge in [0, 0.05) is 35.4 Å². The predicted octanol–water partition coefficient (Wildman–Crippen LogP) is 2.48. The molecular formula is C19H23NO5S. The molecule has 0 fully saturated rings. The van der Waals surface area contributed by atoms with Crippen molar-refractivity contribution in [3.05, 3.63) is 48.0 Å². The molecule has 0 bridgehead atoms. The zero-order valence-electron chi connectivity index (χ0n) is 15.1. The number of ether oxygens (including phenoxy) is 3. The van der Waals surface area contributed by atoms with E-state index in [4.69, 9.17) is 14.2 Å². The molecule has 2 rings (SSSR count). The van der Waals surface area contributed by atoms with Crippen LogP contribution in [0.5, 0.6) is 17.2 Å². The number of hydrogen-bond acceptors (Lipinski definition) is 5. The smallest absolute Gasteiger partial charge is 0.210 e. The summed E-state index contributed by atoms with van der Waals surface area (Å²) >= 11 is 0. The van der Waals surface area contributed by atoms with Crippen molar-refractivity contribution >= 4 is 17.2 Å². The number of carbonyl (C=O) groups is 1. The topological polar surface area (TPSA) is 65.1 Å². The Morgan fingerprint density at radius 1 is 0.962 bits per heavy atom. The van der Waals surface area contributed by atoms with Crippen molar-refractivity contribution < 1.29 is 23.2 Å². The van der Waals surface area contributed by atoms with E-state index in [0.29, 0.717) is 36.1 Å². The molecule has 7 heteroatoms. The summed E-state index contributed by atoms with van der Waals surface area (Å²) in [7, 11) is 3.50. The first-order valence-corrected chi connectivity index (χ1v) is 9.36. The fourth-order valence-corrected chi connectivity index (χ4v) is 3.59. The highest BCUT2D eigenvalue weighted by Crippen LogP contribution is 2.35. The molecule has 0 aliphatic heterocycles. The molecule has 1 unspecified atom stereocenters. The average molecular weight is 377 g/mol. The quantitative estimate of drug-likeness (QED) is 0.595. The van der Waals surface area contributed by atoms with Crippen LogP contribution in [0, 0.1) is 0 Å². The Morgan fingerprint density at radius 3 is 2.15 bits per heavy atom. The number of amides is 1. The molecule has 1 amide bonds. The molecule has 26 heavy (non-hydrogen) atoms. The van der Waals surface area contributed by atoms with Crippen LogP contribution in [0.15, 0.2) is 47.4 Å². The van der Waals surface area contributed by atoms with E-state index in [-0.39, 0.29) is 0 Å². The third kappa shape index (κ3) is 4.98. The van der Waals surface area contributed by atoms with E-state index in [0.717, 1.165) is 16.9 Å². The highest BCUT2D eigenvalue weighted by atomic mass is 32.2. The van der Waals surface area contributed by atoms with Gasteiger partial charge in [0.15, 0.2) is 11.5 Å². The zero-order valence-corrected chi connectivity index (χ0v) is 16.0. The molecule has 0 aromatic heterocycles. The monoisotopic (exact) mass is 377 g/mol. The van der Waals surface area contributed by atoms with Crippen LogP contribution in [0.2, 0.25) is 0 Å². The molecule has 2 aromatic rings. The zero-order chi connectivity index (χ0) is 18.9. The number of nitrogens with zero attached hydrogens (tertiary/aromatic N) is 1. The summed E-state index contributed by atoms with van der Waals surface area (Å²) < 4.78 is 28.3. The highest BCUT2D eigenvalue weighted by molar-refractivity contribution is 7.85. The van der Waals surface area contributed by atoms with Gasteiger partial charge in [-0.15, -0.1) is 0 Å². The maximum absolute atomic E-state index is 12.3. The molecule has 0 aliphatic carbocycles. The molecular weight excluding hydrogens is 354 g/mol. The summed E-state index contributed by atoms with van der Waals surface area (Å²) in [6.45, 7) is 0.682. The number of benzene rings is 2. The number of carbonyl (C=O) groups excluding carboxylic acids is 1. The first-order valence-electron chi connectivity index (χ1n) is 8.04. The molecule has 0 spiro atoms. The molecule has 0 saturated carbocycles. The Morgan fingerprint density at radius 2 is 1.58 bits per heavy atom. The van der Waals surface area contributed by atoms with Gasteiger partial charge in [0.25, 0.3) is 0 Å². The SMILES string of the molecule is COc1cc(OC)c(OC)cc1CN(C=O)CCS(=O)c1ccccc1. The van der Waals surface area contributed by atoms with Crippen molar-refractivity contribution in [2.24, 2.45) is 0 Å². The highest BCUT2D eigenvalue weighted by Gasteiger charge is 2.15. The van der Waals surface area contributed by atoms with Crippen molar-refractivity contribution in [2.75, 3.05) is 33.6 Å². The maximum atomic E-state index is 12.3. The molecule has 0 heterocycles. The number of methoxy groups -OCH3 is 3. The van der Waals surface area contributed by atoms with Gasteiger partial charge in [-0.3, -0.25) is 9.00 Å². The van der Waals surface area contributed by atoms with Crippen LogP contribution >= 0.6 is 0 Å². The van der Waals surface area contributed by atoms with E-state index in [2.05, 4.69) is 0 Å². The van der Waals surface area contributed by atoms with Crippen LogP contribution in [0.1, 0.15) is 5.56 Å². The molecule has 140 valence electrons. The Kier molecular flexibility index (Phi) is 7.47. The van der Waals surface area contributed by atoms with Crippen molar-refractivity contribution in [1.82, 2.24) is 4.90 Å². The van der Waals surface area contributed by atoms with E-state index >= 15 is 0 Å². The van der Waals surface area contributed by atoms with Gasteiger partial charge >= 0.3 is 0 Å². The average Bonchev–Trinajstić information content (AvgIpc) is 2.70. The van der Waals surface area contributed by atoms with Crippen LogP contribution in [-0.4, -0.2) is 49.1 Å². The lowest BCUT2D eigenvalue weighted by molar-refractivity contribution is -0.118. The van der Waals surface area contributed by atoms with Crippen LogP contribution in [0.25, 0.3) is 0 Å². The number of hydrogen-bond donors (Lipinski definition) is 0. The Bertz CT molecular complexity index is 751. The molecule has 0 saturated heterocycles. The van der Waals surface area contributed by atoms with Gasteiger partial charge in [-0.1, -0.05) is 18.2 Å². The fraction of sp³-hybridized carbons (Fsp3) is 0.316. The molecule has 0 aliphatic rings. The third-order valence-corrected chi connectivity index (χ3v) is 5.23.